The van der Waals surface area contributed by atoms with Crippen LogP contribution >= 0.6 is 0 Å². The molecule has 0 spiro atoms. The molecule has 0 atom stereocenters. The quantitative estimate of drug-likeness (QED) is 0.655. The van der Waals surface area contributed by atoms with E-state index in [9.17, 15) is 13.2 Å². The second-order valence-corrected chi connectivity index (χ2v) is 10.9. The number of amidine groups is 1. The molecule has 7 heteroatoms. The van der Waals surface area contributed by atoms with Crippen LogP contribution < -0.4 is 10.0 Å². The van der Waals surface area contributed by atoms with Crippen LogP contribution in [0.4, 0.5) is 5.69 Å². The molecule has 2 aromatic carbocycles. The van der Waals surface area contributed by atoms with Gasteiger partial charge in [0.15, 0.2) is 0 Å². The highest BCUT2D eigenvalue weighted by molar-refractivity contribution is 7.90. The van der Waals surface area contributed by atoms with Crippen molar-refractivity contribution in [1.82, 2.24) is 4.72 Å². The van der Waals surface area contributed by atoms with Crippen molar-refractivity contribution in [3.63, 3.8) is 0 Å². The van der Waals surface area contributed by atoms with Gasteiger partial charge in [0.1, 0.15) is 5.84 Å². The second kappa shape index (κ2) is 10.3. The molecule has 0 fully saturated rings. The number of anilines is 1. The number of benzene rings is 2. The molecule has 0 aliphatic carbocycles. The van der Waals surface area contributed by atoms with Crippen LogP contribution in [0, 0.1) is 0 Å². The minimum Gasteiger partial charge on any atom is -0.326 e. The molecule has 1 amide bonds. The number of amides is 1. The van der Waals surface area contributed by atoms with Crippen LogP contribution in [0.25, 0.3) is 0 Å². The predicted octanol–water partition coefficient (Wildman–Crippen LogP) is 4.81. The van der Waals surface area contributed by atoms with Gasteiger partial charge in [0.2, 0.25) is 5.91 Å². The van der Waals surface area contributed by atoms with Crippen molar-refractivity contribution in [3.05, 3.63) is 59.7 Å². The lowest BCUT2D eigenvalue weighted by Gasteiger charge is -2.19. The van der Waals surface area contributed by atoms with E-state index in [0.29, 0.717) is 37.3 Å². The van der Waals surface area contributed by atoms with Crippen molar-refractivity contribution < 1.29 is 13.2 Å². The number of nitrogens with zero attached hydrogens (tertiary/aromatic N) is 1. The first-order valence-corrected chi connectivity index (χ1v) is 12.7. The van der Waals surface area contributed by atoms with E-state index < -0.39 is 10.0 Å². The molecule has 2 aromatic rings. The van der Waals surface area contributed by atoms with Crippen molar-refractivity contribution in [2.24, 2.45) is 4.99 Å². The van der Waals surface area contributed by atoms with Gasteiger partial charge in [-0.05, 0) is 60.1 Å². The zero-order valence-electron chi connectivity index (χ0n) is 19.1. The standard InChI is InChI=1S/C25H33N3O3S/c1-25(2,3)20-11-8-19(9-12-20)10-17-24(29)27-21-13-15-22(16-14-21)32(30,31)28-23-7-5-4-6-18-26-23/h8-9,11-16H,4-7,10,17-18H2,1-3H3,(H,26,28)(H,27,29). The smallest absolute Gasteiger partial charge is 0.262 e. The number of hydrogen-bond acceptors (Lipinski definition) is 4. The molecule has 1 heterocycles. The number of carbonyl (C=O) groups excluding carboxylic acids is 1. The minimum atomic E-state index is -3.68. The average Bonchev–Trinajstić information content (AvgIpc) is 3.00. The van der Waals surface area contributed by atoms with Gasteiger partial charge < -0.3 is 5.32 Å². The van der Waals surface area contributed by atoms with Gasteiger partial charge in [0.25, 0.3) is 10.0 Å². The van der Waals surface area contributed by atoms with Gasteiger partial charge >= 0.3 is 0 Å². The molecule has 0 aromatic heterocycles. The zero-order chi connectivity index (χ0) is 23.2. The molecule has 1 aliphatic rings. The third-order valence-corrected chi connectivity index (χ3v) is 6.93. The number of aliphatic imine (C=N–C) groups is 1. The van der Waals surface area contributed by atoms with Crippen LogP contribution in [0.1, 0.15) is 64.0 Å². The summed E-state index contributed by atoms with van der Waals surface area (Å²) in [6.07, 6.45) is 4.64. The average molecular weight is 456 g/mol. The van der Waals surface area contributed by atoms with E-state index >= 15 is 0 Å². The van der Waals surface area contributed by atoms with Gasteiger partial charge in [-0.25, -0.2) is 8.42 Å². The normalized spacial score (nSPS) is 14.9. The lowest BCUT2D eigenvalue weighted by atomic mass is 9.86. The van der Waals surface area contributed by atoms with Gasteiger partial charge in [-0.3, -0.25) is 14.5 Å². The van der Waals surface area contributed by atoms with Gasteiger partial charge in [-0.1, -0.05) is 51.5 Å². The number of hydrogen-bond donors (Lipinski definition) is 2. The number of carbonyl (C=O) groups is 1. The molecule has 3 rings (SSSR count). The summed E-state index contributed by atoms with van der Waals surface area (Å²) < 4.78 is 27.8. The van der Waals surface area contributed by atoms with Gasteiger partial charge in [0.05, 0.1) is 4.90 Å². The highest BCUT2D eigenvalue weighted by Crippen LogP contribution is 2.22. The summed E-state index contributed by atoms with van der Waals surface area (Å²) in [5.74, 6) is 0.418. The molecular weight excluding hydrogens is 422 g/mol. The Bertz CT molecular complexity index is 1050. The minimum absolute atomic E-state index is 0.105. The highest BCUT2D eigenvalue weighted by Gasteiger charge is 2.17. The zero-order valence-corrected chi connectivity index (χ0v) is 20.0. The lowest BCUT2D eigenvalue weighted by Crippen LogP contribution is -2.30. The highest BCUT2D eigenvalue weighted by atomic mass is 32.2. The first-order chi connectivity index (χ1) is 15.1. The maximum Gasteiger partial charge on any atom is 0.262 e. The molecule has 0 unspecified atom stereocenters. The topological polar surface area (TPSA) is 87.6 Å². The van der Waals surface area contributed by atoms with Crippen LogP contribution in [-0.2, 0) is 26.7 Å². The molecular formula is C25H33N3O3S. The molecule has 6 nitrogen and oxygen atoms in total. The molecule has 0 saturated carbocycles. The van der Waals surface area contributed by atoms with Gasteiger partial charge in [-0.2, -0.15) is 0 Å². The molecule has 0 radical (unpaired) electrons. The van der Waals surface area contributed by atoms with Crippen molar-refractivity contribution in [3.8, 4) is 0 Å². The Labute approximate surface area is 191 Å². The second-order valence-electron chi connectivity index (χ2n) is 9.26. The van der Waals surface area contributed by atoms with E-state index in [1.807, 2.05) is 0 Å². The Morgan fingerprint density at radius 3 is 2.31 bits per heavy atom. The van der Waals surface area contributed by atoms with E-state index in [-0.39, 0.29) is 16.2 Å². The molecule has 0 bridgehead atoms. The Morgan fingerprint density at radius 1 is 0.969 bits per heavy atom. The first kappa shape index (κ1) is 24.0. The van der Waals surface area contributed by atoms with Crippen molar-refractivity contribution in [2.45, 2.75) is 69.6 Å². The third-order valence-electron chi connectivity index (χ3n) is 5.54. The summed E-state index contributed by atoms with van der Waals surface area (Å²) in [6, 6.07) is 14.6. The Kier molecular flexibility index (Phi) is 7.72. The fourth-order valence-corrected chi connectivity index (χ4v) is 4.63. The fraction of sp³-hybridized carbons (Fsp3) is 0.440. The van der Waals surface area contributed by atoms with E-state index in [1.54, 1.807) is 12.1 Å². The van der Waals surface area contributed by atoms with E-state index in [4.69, 9.17) is 0 Å². The number of aryl methyl sites for hydroxylation is 1. The summed E-state index contributed by atoms with van der Waals surface area (Å²) in [7, 11) is -3.68. The monoisotopic (exact) mass is 455 g/mol. The Hall–Kier alpha value is -2.67. The SMILES string of the molecule is CC(C)(C)c1ccc(CCC(=O)Nc2ccc(S(=O)(=O)NC3=NCCCCC3)cc2)cc1. The lowest BCUT2D eigenvalue weighted by molar-refractivity contribution is -0.116. The summed E-state index contributed by atoms with van der Waals surface area (Å²) >= 11 is 0. The number of rotatable bonds is 6. The summed E-state index contributed by atoms with van der Waals surface area (Å²) in [6.45, 7) is 7.18. The predicted molar refractivity (Wildman–Crippen MR) is 130 cm³/mol. The van der Waals surface area contributed by atoms with Gasteiger partial charge in [-0.15, -0.1) is 0 Å². The summed E-state index contributed by atoms with van der Waals surface area (Å²) in [5, 5.41) is 2.84. The van der Waals surface area contributed by atoms with Crippen LogP contribution in [0.3, 0.4) is 0 Å². The Morgan fingerprint density at radius 2 is 1.66 bits per heavy atom. The number of nitrogens with one attached hydrogen (secondary N) is 2. The molecule has 1 aliphatic heterocycles. The third kappa shape index (κ3) is 6.92. The van der Waals surface area contributed by atoms with E-state index in [0.717, 1.165) is 24.8 Å². The molecule has 0 saturated heterocycles. The Balaban J connectivity index is 1.53. The van der Waals surface area contributed by atoms with Crippen LogP contribution in [0.2, 0.25) is 0 Å². The van der Waals surface area contributed by atoms with Crippen molar-refractivity contribution in [2.75, 3.05) is 11.9 Å². The van der Waals surface area contributed by atoms with Crippen LogP contribution in [-0.4, -0.2) is 26.7 Å². The van der Waals surface area contributed by atoms with Crippen LogP contribution in [0.15, 0.2) is 58.4 Å². The van der Waals surface area contributed by atoms with E-state index in [2.05, 4.69) is 60.1 Å². The van der Waals surface area contributed by atoms with E-state index in [1.165, 1.54) is 17.7 Å². The maximum absolute atomic E-state index is 12.6. The maximum atomic E-state index is 12.6. The molecule has 2 N–H and O–H groups in total. The number of sulfonamides is 1. The largest absolute Gasteiger partial charge is 0.326 e. The van der Waals surface area contributed by atoms with Gasteiger partial charge in [0, 0.05) is 25.1 Å². The molecule has 172 valence electrons. The fourth-order valence-electron chi connectivity index (χ4n) is 3.54. The van der Waals surface area contributed by atoms with Crippen molar-refractivity contribution in [1.29, 1.82) is 0 Å². The first-order valence-electron chi connectivity index (χ1n) is 11.2. The summed E-state index contributed by atoms with van der Waals surface area (Å²) in [4.78, 5) is 16.8. The van der Waals surface area contributed by atoms with Crippen LogP contribution in [0.5, 0.6) is 0 Å². The summed E-state index contributed by atoms with van der Waals surface area (Å²) in [5.41, 5.74) is 3.06. The van der Waals surface area contributed by atoms with Crippen molar-refractivity contribution >= 4 is 27.5 Å². The molecule has 32 heavy (non-hydrogen) atoms.